The van der Waals surface area contributed by atoms with Gasteiger partial charge in [-0.05, 0) is 19.3 Å². The number of carbonyl (C=O) groups is 1. The van der Waals surface area contributed by atoms with Crippen LogP contribution in [-0.2, 0) is 4.79 Å². The fourth-order valence-electron chi connectivity index (χ4n) is 1.82. The average molecular weight is 210 g/mol. The standard InChI is InChI=1S/C12H22N2O/c1-3-10(2)8-12(15)9-14-6-4-11(13)5-7-14/h11H,2-9,13H2,1H3. The van der Waals surface area contributed by atoms with Gasteiger partial charge in [0.2, 0.25) is 0 Å². The fraction of sp³-hybridized carbons (Fsp3) is 0.750. The molecule has 1 fully saturated rings. The summed E-state index contributed by atoms with van der Waals surface area (Å²) in [7, 11) is 0. The Labute approximate surface area is 92.3 Å². The summed E-state index contributed by atoms with van der Waals surface area (Å²) in [5, 5.41) is 0. The van der Waals surface area contributed by atoms with E-state index < -0.39 is 0 Å². The van der Waals surface area contributed by atoms with E-state index in [0.29, 0.717) is 19.0 Å². The molecule has 0 aromatic heterocycles. The predicted molar refractivity (Wildman–Crippen MR) is 62.7 cm³/mol. The van der Waals surface area contributed by atoms with E-state index in [4.69, 9.17) is 5.73 Å². The van der Waals surface area contributed by atoms with Crippen molar-refractivity contribution in [2.75, 3.05) is 19.6 Å². The van der Waals surface area contributed by atoms with E-state index in [1.807, 2.05) is 6.92 Å². The number of allylic oxidation sites excluding steroid dienone is 1. The first kappa shape index (κ1) is 12.4. The number of hydrogen-bond acceptors (Lipinski definition) is 3. The first-order valence-electron chi connectivity index (χ1n) is 5.78. The molecule has 0 unspecified atom stereocenters. The van der Waals surface area contributed by atoms with Crippen LogP contribution in [0.2, 0.25) is 0 Å². The summed E-state index contributed by atoms with van der Waals surface area (Å²) in [6.07, 6.45) is 3.47. The molecule has 0 amide bonds. The SMILES string of the molecule is C=C(CC)CC(=O)CN1CCC(N)CC1. The van der Waals surface area contributed by atoms with Crippen LogP contribution < -0.4 is 5.73 Å². The van der Waals surface area contributed by atoms with Gasteiger partial charge in [0, 0.05) is 25.6 Å². The molecule has 3 heteroatoms. The van der Waals surface area contributed by atoms with Gasteiger partial charge in [-0.3, -0.25) is 9.69 Å². The van der Waals surface area contributed by atoms with Crippen molar-refractivity contribution < 1.29 is 4.79 Å². The highest BCUT2D eigenvalue weighted by atomic mass is 16.1. The monoisotopic (exact) mass is 210 g/mol. The maximum atomic E-state index is 11.6. The van der Waals surface area contributed by atoms with Crippen molar-refractivity contribution in [2.45, 2.75) is 38.6 Å². The Hall–Kier alpha value is -0.670. The third-order valence-electron chi connectivity index (χ3n) is 2.98. The van der Waals surface area contributed by atoms with Gasteiger partial charge in [0.15, 0.2) is 5.78 Å². The van der Waals surface area contributed by atoms with E-state index in [9.17, 15) is 4.79 Å². The van der Waals surface area contributed by atoms with Crippen LogP contribution >= 0.6 is 0 Å². The summed E-state index contributed by atoms with van der Waals surface area (Å²) in [5.74, 6) is 0.289. The molecule has 1 rings (SSSR count). The highest BCUT2D eigenvalue weighted by Crippen LogP contribution is 2.10. The Morgan fingerprint density at radius 2 is 2.07 bits per heavy atom. The summed E-state index contributed by atoms with van der Waals surface area (Å²) >= 11 is 0. The Kier molecular flexibility index (Phi) is 4.99. The van der Waals surface area contributed by atoms with Gasteiger partial charge in [-0.25, -0.2) is 0 Å². The minimum absolute atomic E-state index is 0.289. The molecular weight excluding hydrogens is 188 g/mol. The molecule has 2 N–H and O–H groups in total. The van der Waals surface area contributed by atoms with Crippen LogP contribution in [0.15, 0.2) is 12.2 Å². The lowest BCUT2D eigenvalue weighted by Gasteiger charge is -2.29. The van der Waals surface area contributed by atoms with Gasteiger partial charge in [-0.1, -0.05) is 19.1 Å². The van der Waals surface area contributed by atoms with E-state index in [1.54, 1.807) is 0 Å². The minimum Gasteiger partial charge on any atom is -0.328 e. The Balaban J connectivity index is 2.23. The van der Waals surface area contributed by atoms with Gasteiger partial charge in [0.05, 0.1) is 6.54 Å². The number of likely N-dealkylation sites (tertiary alicyclic amines) is 1. The molecule has 0 bridgehead atoms. The van der Waals surface area contributed by atoms with Crippen molar-refractivity contribution >= 4 is 5.78 Å². The lowest BCUT2D eigenvalue weighted by molar-refractivity contribution is -0.119. The smallest absolute Gasteiger partial charge is 0.150 e. The predicted octanol–water partition coefficient (Wildman–Crippen LogP) is 1.33. The fourth-order valence-corrected chi connectivity index (χ4v) is 1.82. The van der Waals surface area contributed by atoms with Crippen LogP contribution in [0, 0.1) is 0 Å². The maximum absolute atomic E-state index is 11.6. The summed E-state index contributed by atoms with van der Waals surface area (Å²) in [6.45, 7) is 8.40. The van der Waals surface area contributed by atoms with Crippen LogP contribution in [0.4, 0.5) is 0 Å². The lowest BCUT2D eigenvalue weighted by Crippen LogP contribution is -2.41. The Bertz CT molecular complexity index is 230. The summed E-state index contributed by atoms with van der Waals surface area (Å²) in [5.41, 5.74) is 6.84. The lowest BCUT2D eigenvalue weighted by atomic mass is 10.0. The van der Waals surface area contributed by atoms with Crippen molar-refractivity contribution in [2.24, 2.45) is 5.73 Å². The van der Waals surface area contributed by atoms with Gasteiger partial charge < -0.3 is 5.73 Å². The number of ketones is 1. The minimum atomic E-state index is 0.289. The molecule has 1 aliphatic heterocycles. The summed E-state index contributed by atoms with van der Waals surface area (Å²) in [6, 6.07) is 0.335. The zero-order valence-corrected chi connectivity index (χ0v) is 9.67. The molecule has 15 heavy (non-hydrogen) atoms. The van der Waals surface area contributed by atoms with E-state index in [0.717, 1.165) is 37.9 Å². The van der Waals surface area contributed by atoms with Crippen molar-refractivity contribution in [3.05, 3.63) is 12.2 Å². The maximum Gasteiger partial charge on any atom is 0.150 e. The molecular formula is C12H22N2O. The molecule has 0 aromatic carbocycles. The van der Waals surface area contributed by atoms with E-state index >= 15 is 0 Å². The van der Waals surface area contributed by atoms with Gasteiger partial charge in [0.25, 0.3) is 0 Å². The number of nitrogens with two attached hydrogens (primary N) is 1. The molecule has 1 aliphatic rings. The first-order chi connectivity index (χ1) is 7.11. The number of carbonyl (C=O) groups excluding carboxylic acids is 1. The number of piperidine rings is 1. The van der Waals surface area contributed by atoms with E-state index in [-0.39, 0.29) is 5.78 Å². The van der Waals surface area contributed by atoms with Crippen molar-refractivity contribution in [1.82, 2.24) is 4.90 Å². The van der Waals surface area contributed by atoms with Gasteiger partial charge in [-0.2, -0.15) is 0 Å². The average Bonchev–Trinajstić information content (AvgIpc) is 2.21. The second-order valence-electron chi connectivity index (χ2n) is 4.43. The quantitative estimate of drug-likeness (QED) is 0.696. The van der Waals surface area contributed by atoms with Crippen LogP contribution in [0.25, 0.3) is 0 Å². The van der Waals surface area contributed by atoms with Crippen LogP contribution in [0.1, 0.15) is 32.6 Å². The largest absolute Gasteiger partial charge is 0.328 e. The molecule has 0 atom stereocenters. The van der Waals surface area contributed by atoms with Crippen LogP contribution in [-0.4, -0.2) is 36.4 Å². The topological polar surface area (TPSA) is 46.3 Å². The molecule has 0 aliphatic carbocycles. The Morgan fingerprint density at radius 1 is 1.47 bits per heavy atom. The van der Waals surface area contributed by atoms with E-state index in [2.05, 4.69) is 11.5 Å². The number of Topliss-reactive ketones (excluding diaryl/α,β-unsaturated/α-hetero) is 1. The van der Waals surface area contributed by atoms with Crippen molar-refractivity contribution in [1.29, 1.82) is 0 Å². The molecule has 1 heterocycles. The van der Waals surface area contributed by atoms with Crippen molar-refractivity contribution in [3.8, 4) is 0 Å². The van der Waals surface area contributed by atoms with Gasteiger partial charge in [0.1, 0.15) is 0 Å². The van der Waals surface area contributed by atoms with Crippen molar-refractivity contribution in [3.63, 3.8) is 0 Å². The molecule has 0 spiro atoms. The summed E-state index contributed by atoms with van der Waals surface area (Å²) < 4.78 is 0. The first-order valence-corrected chi connectivity index (χ1v) is 5.78. The third kappa shape index (κ3) is 4.58. The molecule has 0 aromatic rings. The van der Waals surface area contributed by atoms with Gasteiger partial charge in [-0.15, -0.1) is 0 Å². The number of nitrogens with zero attached hydrogens (tertiary/aromatic N) is 1. The van der Waals surface area contributed by atoms with Crippen LogP contribution in [0.3, 0.4) is 0 Å². The summed E-state index contributed by atoms with van der Waals surface area (Å²) in [4.78, 5) is 13.8. The normalized spacial score (nSPS) is 19.1. The molecule has 0 saturated carbocycles. The zero-order chi connectivity index (χ0) is 11.3. The number of rotatable bonds is 5. The second kappa shape index (κ2) is 6.03. The molecule has 1 saturated heterocycles. The highest BCUT2D eigenvalue weighted by Gasteiger charge is 2.18. The molecule has 3 nitrogen and oxygen atoms in total. The number of hydrogen-bond donors (Lipinski definition) is 1. The van der Waals surface area contributed by atoms with E-state index in [1.165, 1.54) is 0 Å². The highest BCUT2D eigenvalue weighted by molar-refractivity contribution is 5.82. The third-order valence-corrected chi connectivity index (χ3v) is 2.98. The second-order valence-corrected chi connectivity index (χ2v) is 4.43. The molecule has 86 valence electrons. The zero-order valence-electron chi connectivity index (χ0n) is 9.67. The van der Waals surface area contributed by atoms with Gasteiger partial charge >= 0.3 is 0 Å². The molecule has 0 radical (unpaired) electrons. The van der Waals surface area contributed by atoms with Crippen LogP contribution in [0.5, 0.6) is 0 Å². The Morgan fingerprint density at radius 3 is 2.60 bits per heavy atom.